The van der Waals surface area contributed by atoms with E-state index >= 15 is 0 Å². The van der Waals surface area contributed by atoms with Gasteiger partial charge in [0.2, 0.25) is 5.91 Å². The third-order valence-electron chi connectivity index (χ3n) is 4.35. The Kier molecular flexibility index (Phi) is 5.97. The lowest BCUT2D eigenvalue weighted by molar-refractivity contribution is -0.137. The molecule has 0 aliphatic heterocycles. The number of halogens is 3. The molecule has 0 aliphatic carbocycles. The summed E-state index contributed by atoms with van der Waals surface area (Å²) in [7, 11) is 0. The first-order valence-electron chi connectivity index (χ1n) is 8.74. The first-order valence-corrected chi connectivity index (χ1v) is 9.73. The molecule has 2 aromatic carbocycles. The van der Waals surface area contributed by atoms with Crippen molar-refractivity contribution < 1.29 is 18.0 Å². The van der Waals surface area contributed by atoms with E-state index in [4.69, 9.17) is 0 Å². The van der Waals surface area contributed by atoms with Crippen molar-refractivity contribution in [3.8, 4) is 5.69 Å². The Hall–Kier alpha value is -2.81. The molecule has 0 atom stereocenters. The van der Waals surface area contributed by atoms with Crippen LogP contribution in [0.5, 0.6) is 0 Å². The zero-order valence-corrected chi connectivity index (χ0v) is 16.9. The van der Waals surface area contributed by atoms with E-state index in [1.165, 1.54) is 12.1 Å². The Balaban J connectivity index is 1.71. The van der Waals surface area contributed by atoms with Gasteiger partial charge in [-0.25, -0.2) is 0 Å². The van der Waals surface area contributed by atoms with Crippen LogP contribution in [0.3, 0.4) is 0 Å². The van der Waals surface area contributed by atoms with Crippen molar-refractivity contribution in [2.75, 3.05) is 11.1 Å². The molecule has 0 saturated carbocycles. The molecule has 0 unspecified atom stereocenters. The van der Waals surface area contributed by atoms with Gasteiger partial charge in [-0.3, -0.25) is 9.36 Å². The van der Waals surface area contributed by atoms with E-state index in [1.54, 1.807) is 0 Å². The highest BCUT2D eigenvalue weighted by Gasteiger charge is 2.30. The SMILES string of the molecule is Cc1ccc(-n2c(C)nnc2SCC(=O)Nc2cccc(C(F)(F)F)c2)cc1C. The van der Waals surface area contributed by atoms with E-state index in [1.807, 2.05) is 43.5 Å². The molecule has 5 nitrogen and oxygen atoms in total. The standard InChI is InChI=1S/C20H19F3N4OS/c1-12-7-8-17(9-13(12)2)27-14(3)25-26-19(27)29-11-18(28)24-16-6-4-5-15(10-16)20(21,22)23/h4-10H,11H2,1-3H3,(H,24,28). The molecule has 3 aromatic rings. The highest BCUT2D eigenvalue weighted by Crippen LogP contribution is 2.31. The molecular formula is C20H19F3N4OS. The maximum atomic E-state index is 12.8. The zero-order valence-electron chi connectivity index (χ0n) is 16.0. The van der Waals surface area contributed by atoms with Gasteiger partial charge < -0.3 is 5.32 Å². The minimum absolute atomic E-state index is 0.0147. The highest BCUT2D eigenvalue weighted by molar-refractivity contribution is 7.99. The number of nitrogens with zero attached hydrogens (tertiary/aromatic N) is 3. The molecular weight excluding hydrogens is 401 g/mol. The molecule has 9 heteroatoms. The minimum atomic E-state index is -4.46. The summed E-state index contributed by atoms with van der Waals surface area (Å²) < 4.78 is 40.2. The van der Waals surface area contributed by atoms with Crippen LogP contribution < -0.4 is 5.32 Å². The number of anilines is 1. The zero-order chi connectivity index (χ0) is 21.2. The molecule has 0 fully saturated rings. The molecule has 0 radical (unpaired) electrons. The van der Waals surface area contributed by atoms with Crippen molar-refractivity contribution in [1.29, 1.82) is 0 Å². The number of thioether (sulfide) groups is 1. The Morgan fingerprint density at radius 3 is 2.52 bits per heavy atom. The van der Waals surface area contributed by atoms with Crippen LogP contribution in [-0.2, 0) is 11.0 Å². The van der Waals surface area contributed by atoms with Gasteiger partial charge in [-0.1, -0.05) is 23.9 Å². The molecule has 0 saturated heterocycles. The molecule has 1 aromatic heterocycles. The summed E-state index contributed by atoms with van der Waals surface area (Å²) in [6, 6.07) is 10.5. The molecule has 0 aliphatic rings. The Bertz CT molecular complexity index is 1050. The van der Waals surface area contributed by atoms with Crippen LogP contribution in [0.1, 0.15) is 22.5 Å². The maximum Gasteiger partial charge on any atom is 0.416 e. The van der Waals surface area contributed by atoms with Crippen molar-refractivity contribution in [1.82, 2.24) is 14.8 Å². The lowest BCUT2D eigenvalue weighted by atomic mass is 10.1. The van der Waals surface area contributed by atoms with E-state index in [0.29, 0.717) is 11.0 Å². The van der Waals surface area contributed by atoms with E-state index in [0.717, 1.165) is 40.7 Å². The summed E-state index contributed by atoms with van der Waals surface area (Å²) >= 11 is 1.16. The van der Waals surface area contributed by atoms with Crippen LogP contribution in [0.2, 0.25) is 0 Å². The second kappa shape index (κ2) is 8.28. The molecule has 1 amide bonds. The molecule has 3 rings (SSSR count). The number of nitrogens with one attached hydrogen (secondary N) is 1. The predicted molar refractivity (Wildman–Crippen MR) is 106 cm³/mol. The fourth-order valence-electron chi connectivity index (χ4n) is 2.70. The number of alkyl halides is 3. The Morgan fingerprint density at radius 1 is 1.07 bits per heavy atom. The van der Waals surface area contributed by atoms with Gasteiger partial charge in [0.05, 0.1) is 11.3 Å². The highest BCUT2D eigenvalue weighted by atomic mass is 32.2. The van der Waals surface area contributed by atoms with E-state index in [9.17, 15) is 18.0 Å². The third kappa shape index (κ3) is 4.97. The molecule has 1 N–H and O–H groups in total. The lowest BCUT2D eigenvalue weighted by Gasteiger charge is -2.11. The number of carbonyl (C=O) groups is 1. The van der Waals surface area contributed by atoms with Gasteiger partial charge in [-0.05, 0) is 62.2 Å². The Morgan fingerprint density at radius 2 is 1.83 bits per heavy atom. The third-order valence-corrected chi connectivity index (χ3v) is 5.28. The second-order valence-electron chi connectivity index (χ2n) is 6.55. The van der Waals surface area contributed by atoms with E-state index in [-0.39, 0.29) is 11.4 Å². The number of hydrogen-bond acceptors (Lipinski definition) is 4. The first-order chi connectivity index (χ1) is 13.6. The van der Waals surface area contributed by atoms with Crippen LogP contribution in [0.15, 0.2) is 47.6 Å². The summed E-state index contributed by atoms with van der Waals surface area (Å²) in [5, 5.41) is 11.2. The second-order valence-corrected chi connectivity index (χ2v) is 7.49. The summed E-state index contributed by atoms with van der Waals surface area (Å²) in [4.78, 5) is 12.2. The molecule has 152 valence electrons. The van der Waals surface area contributed by atoms with Gasteiger partial charge in [0, 0.05) is 11.4 Å². The fraction of sp³-hybridized carbons (Fsp3) is 0.250. The number of hydrogen-bond donors (Lipinski definition) is 1. The van der Waals surface area contributed by atoms with Crippen LogP contribution in [0.4, 0.5) is 18.9 Å². The van der Waals surface area contributed by atoms with Crippen molar-refractivity contribution in [2.45, 2.75) is 32.1 Å². The smallest absolute Gasteiger partial charge is 0.325 e. The van der Waals surface area contributed by atoms with Gasteiger partial charge in [0.1, 0.15) is 5.82 Å². The predicted octanol–water partition coefficient (Wildman–Crippen LogP) is 4.94. The van der Waals surface area contributed by atoms with Crippen LogP contribution in [0, 0.1) is 20.8 Å². The summed E-state index contributed by atoms with van der Waals surface area (Å²) in [6.07, 6.45) is -4.46. The number of aryl methyl sites for hydroxylation is 3. The molecule has 0 bridgehead atoms. The Labute approximate surface area is 170 Å². The van der Waals surface area contributed by atoms with Gasteiger partial charge in [-0.15, -0.1) is 10.2 Å². The summed E-state index contributed by atoms with van der Waals surface area (Å²) in [5.74, 6) is 0.231. The topological polar surface area (TPSA) is 59.8 Å². The first kappa shape index (κ1) is 20.9. The minimum Gasteiger partial charge on any atom is -0.325 e. The number of amides is 1. The number of aromatic nitrogens is 3. The molecule has 1 heterocycles. The van der Waals surface area contributed by atoms with Gasteiger partial charge in [-0.2, -0.15) is 13.2 Å². The van der Waals surface area contributed by atoms with Crippen LogP contribution in [0.25, 0.3) is 5.69 Å². The monoisotopic (exact) mass is 420 g/mol. The van der Waals surface area contributed by atoms with Crippen LogP contribution in [-0.4, -0.2) is 26.4 Å². The number of carbonyl (C=O) groups excluding carboxylic acids is 1. The normalized spacial score (nSPS) is 11.5. The fourth-order valence-corrected chi connectivity index (χ4v) is 3.50. The van der Waals surface area contributed by atoms with Gasteiger partial charge in [0.25, 0.3) is 0 Å². The quantitative estimate of drug-likeness (QED) is 0.594. The van der Waals surface area contributed by atoms with Crippen LogP contribution >= 0.6 is 11.8 Å². The summed E-state index contributed by atoms with van der Waals surface area (Å²) in [6.45, 7) is 5.84. The maximum absolute atomic E-state index is 12.8. The van der Waals surface area contributed by atoms with Crippen molar-refractivity contribution >= 4 is 23.4 Å². The van der Waals surface area contributed by atoms with Crippen molar-refractivity contribution in [3.05, 3.63) is 65.0 Å². The molecule has 29 heavy (non-hydrogen) atoms. The van der Waals surface area contributed by atoms with E-state index in [2.05, 4.69) is 15.5 Å². The van der Waals surface area contributed by atoms with E-state index < -0.39 is 17.6 Å². The number of benzene rings is 2. The summed E-state index contributed by atoms with van der Waals surface area (Å²) in [5.41, 5.74) is 2.45. The van der Waals surface area contributed by atoms with Crippen molar-refractivity contribution in [3.63, 3.8) is 0 Å². The number of rotatable bonds is 5. The van der Waals surface area contributed by atoms with Gasteiger partial charge in [0.15, 0.2) is 5.16 Å². The average molecular weight is 420 g/mol. The lowest BCUT2D eigenvalue weighted by Crippen LogP contribution is -2.15. The largest absolute Gasteiger partial charge is 0.416 e. The van der Waals surface area contributed by atoms with Crippen molar-refractivity contribution in [2.24, 2.45) is 0 Å². The average Bonchev–Trinajstić information content (AvgIpc) is 3.02. The molecule has 0 spiro atoms. The van der Waals surface area contributed by atoms with Gasteiger partial charge >= 0.3 is 6.18 Å².